The number of carbonyl (C=O) groups is 2. The van der Waals surface area contributed by atoms with Gasteiger partial charge in [-0.15, -0.1) is 0 Å². The molecule has 1 aliphatic rings. The summed E-state index contributed by atoms with van der Waals surface area (Å²) in [5.41, 5.74) is 1.89. The van der Waals surface area contributed by atoms with E-state index in [1.807, 2.05) is 0 Å². The summed E-state index contributed by atoms with van der Waals surface area (Å²) in [6.45, 7) is 2.36. The minimum Gasteiger partial charge on any atom is -0.396 e. The highest BCUT2D eigenvalue weighted by molar-refractivity contribution is 6.03. The number of aliphatic hydroxyl groups is 1. The van der Waals surface area contributed by atoms with E-state index < -0.39 is 6.04 Å². The van der Waals surface area contributed by atoms with Crippen LogP contribution in [0.2, 0.25) is 0 Å². The summed E-state index contributed by atoms with van der Waals surface area (Å²) in [5.74, 6) is -0.892. The third kappa shape index (κ3) is 2.54. The van der Waals surface area contributed by atoms with Gasteiger partial charge in [-0.3, -0.25) is 9.59 Å². The van der Waals surface area contributed by atoms with Crippen LogP contribution in [0.15, 0.2) is 18.2 Å². The maximum absolute atomic E-state index is 13.5. The monoisotopic (exact) mass is 333 g/mol. The molecule has 2 heterocycles. The Hall–Kier alpha value is -2.41. The second kappa shape index (κ2) is 6.24. The summed E-state index contributed by atoms with van der Waals surface area (Å²) in [6.07, 6.45) is 0.190. The third-order valence-electron chi connectivity index (χ3n) is 4.61. The molecule has 24 heavy (non-hydrogen) atoms. The summed E-state index contributed by atoms with van der Waals surface area (Å²) in [4.78, 5) is 26.6. The first-order chi connectivity index (χ1) is 11.5. The number of fused-ring (bicyclic) bond motifs is 1. The van der Waals surface area contributed by atoms with Crippen LogP contribution >= 0.6 is 0 Å². The topological polar surface area (TPSA) is 74.6 Å². The minimum absolute atomic E-state index is 0.179. The Morgan fingerprint density at radius 3 is 2.92 bits per heavy atom. The van der Waals surface area contributed by atoms with Crippen molar-refractivity contribution >= 4 is 22.7 Å². The van der Waals surface area contributed by atoms with Gasteiger partial charge in [-0.1, -0.05) is 0 Å². The fourth-order valence-corrected chi connectivity index (χ4v) is 3.41. The van der Waals surface area contributed by atoms with Crippen molar-refractivity contribution in [1.82, 2.24) is 14.8 Å². The van der Waals surface area contributed by atoms with Gasteiger partial charge >= 0.3 is 0 Å². The number of hydrogen-bond acceptors (Lipinski definition) is 3. The summed E-state index contributed by atoms with van der Waals surface area (Å²) in [7, 11) is 1.76. The van der Waals surface area contributed by atoms with Crippen molar-refractivity contribution in [1.29, 1.82) is 0 Å². The van der Waals surface area contributed by atoms with E-state index in [1.54, 1.807) is 24.6 Å². The number of nitrogens with zero attached hydrogens (tertiary/aromatic N) is 2. The van der Waals surface area contributed by atoms with Crippen LogP contribution in [0.4, 0.5) is 4.39 Å². The number of aliphatic hydroxyl groups excluding tert-OH is 1. The smallest absolute Gasteiger partial charge is 0.271 e. The minimum atomic E-state index is -0.689. The fraction of sp³-hybridized carbons (Fsp3) is 0.412. The molecule has 2 aromatic rings. The quantitative estimate of drug-likeness (QED) is 0.878. The number of aryl methyl sites for hydroxylation is 2. The van der Waals surface area contributed by atoms with E-state index in [0.29, 0.717) is 29.7 Å². The van der Waals surface area contributed by atoms with Gasteiger partial charge in [0, 0.05) is 37.6 Å². The highest BCUT2D eigenvalue weighted by Gasteiger charge is 2.35. The first kappa shape index (κ1) is 16.4. The molecular weight excluding hydrogens is 313 g/mol. The first-order valence-corrected chi connectivity index (χ1v) is 7.89. The number of piperazine rings is 1. The van der Waals surface area contributed by atoms with E-state index in [0.717, 1.165) is 5.52 Å². The summed E-state index contributed by atoms with van der Waals surface area (Å²) < 4.78 is 15.3. The first-order valence-electron chi connectivity index (χ1n) is 7.89. The van der Waals surface area contributed by atoms with Gasteiger partial charge in [-0.2, -0.15) is 0 Å². The van der Waals surface area contributed by atoms with Gasteiger partial charge in [0.05, 0.1) is 0 Å². The van der Waals surface area contributed by atoms with Gasteiger partial charge < -0.3 is 19.9 Å². The molecule has 1 fully saturated rings. The molecule has 2 amide bonds. The van der Waals surface area contributed by atoms with Gasteiger partial charge in [-0.25, -0.2) is 4.39 Å². The summed E-state index contributed by atoms with van der Waals surface area (Å²) >= 11 is 0. The average molecular weight is 333 g/mol. The maximum atomic E-state index is 13.5. The van der Waals surface area contributed by atoms with Crippen LogP contribution in [0.1, 0.15) is 22.5 Å². The lowest BCUT2D eigenvalue weighted by atomic mass is 10.1. The largest absolute Gasteiger partial charge is 0.396 e. The highest BCUT2D eigenvalue weighted by atomic mass is 19.1. The molecule has 1 saturated heterocycles. The number of nitrogens with one attached hydrogen (secondary N) is 1. The number of benzene rings is 1. The van der Waals surface area contributed by atoms with Crippen molar-refractivity contribution in [3.05, 3.63) is 35.3 Å². The molecule has 1 atom stereocenters. The van der Waals surface area contributed by atoms with E-state index in [-0.39, 0.29) is 30.7 Å². The molecule has 1 unspecified atom stereocenters. The molecule has 0 spiro atoms. The van der Waals surface area contributed by atoms with Crippen molar-refractivity contribution in [2.24, 2.45) is 7.05 Å². The molecule has 0 saturated carbocycles. The lowest BCUT2D eigenvalue weighted by Crippen LogP contribution is -2.57. The number of carbonyl (C=O) groups excluding carboxylic acids is 2. The lowest BCUT2D eigenvalue weighted by molar-refractivity contribution is -0.128. The van der Waals surface area contributed by atoms with Crippen LogP contribution in [-0.4, -0.2) is 52.1 Å². The van der Waals surface area contributed by atoms with E-state index >= 15 is 0 Å². The molecule has 1 aliphatic heterocycles. The Morgan fingerprint density at radius 1 is 1.46 bits per heavy atom. The fourth-order valence-electron chi connectivity index (χ4n) is 3.41. The Labute approximate surface area is 138 Å². The Bertz CT molecular complexity index is 815. The molecule has 0 aliphatic carbocycles. The summed E-state index contributed by atoms with van der Waals surface area (Å²) in [6, 6.07) is 3.72. The SMILES string of the molecule is Cc1c(C(=O)N2CCNC(=O)C2CCO)n(C)c2ccc(F)cc12. The van der Waals surface area contributed by atoms with Crippen molar-refractivity contribution in [2.45, 2.75) is 19.4 Å². The van der Waals surface area contributed by atoms with Crippen LogP contribution in [0.3, 0.4) is 0 Å². The molecule has 1 aromatic heterocycles. The van der Waals surface area contributed by atoms with Crippen molar-refractivity contribution < 1.29 is 19.1 Å². The Balaban J connectivity index is 2.06. The van der Waals surface area contributed by atoms with Crippen molar-refractivity contribution in [2.75, 3.05) is 19.7 Å². The van der Waals surface area contributed by atoms with Gasteiger partial charge in [0.1, 0.15) is 17.6 Å². The molecule has 0 bridgehead atoms. The number of rotatable bonds is 3. The molecular formula is C17H20FN3O3. The van der Waals surface area contributed by atoms with Gasteiger partial charge in [0.2, 0.25) is 5.91 Å². The Morgan fingerprint density at radius 2 is 2.21 bits per heavy atom. The zero-order chi connectivity index (χ0) is 17.4. The standard InChI is InChI=1S/C17H20FN3O3/c1-10-12-9-11(18)3-4-13(12)20(2)15(10)17(24)21-7-6-19-16(23)14(21)5-8-22/h3-4,9,14,22H,5-8H2,1-2H3,(H,19,23). The molecule has 6 nitrogen and oxygen atoms in total. The van der Waals surface area contributed by atoms with Crippen LogP contribution in [0.25, 0.3) is 10.9 Å². The maximum Gasteiger partial charge on any atom is 0.271 e. The normalized spacial score (nSPS) is 18.1. The van der Waals surface area contributed by atoms with E-state index in [9.17, 15) is 19.1 Å². The Kier molecular flexibility index (Phi) is 4.28. The molecule has 7 heteroatoms. The number of halogens is 1. The van der Waals surface area contributed by atoms with Gasteiger partial charge in [0.25, 0.3) is 5.91 Å². The molecule has 2 N–H and O–H groups in total. The molecule has 128 valence electrons. The second-order valence-corrected chi connectivity index (χ2v) is 6.01. The van der Waals surface area contributed by atoms with Gasteiger partial charge in [-0.05, 0) is 37.1 Å². The van der Waals surface area contributed by atoms with Crippen LogP contribution < -0.4 is 5.32 Å². The number of aromatic nitrogens is 1. The molecule has 0 radical (unpaired) electrons. The second-order valence-electron chi connectivity index (χ2n) is 6.01. The third-order valence-corrected chi connectivity index (χ3v) is 4.61. The summed E-state index contributed by atoms with van der Waals surface area (Å²) in [5, 5.41) is 12.6. The van der Waals surface area contributed by atoms with Crippen molar-refractivity contribution in [3.63, 3.8) is 0 Å². The van der Waals surface area contributed by atoms with Crippen LogP contribution in [0, 0.1) is 12.7 Å². The zero-order valence-corrected chi connectivity index (χ0v) is 13.7. The molecule has 1 aromatic carbocycles. The zero-order valence-electron chi connectivity index (χ0n) is 13.7. The highest BCUT2D eigenvalue weighted by Crippen LogP contribution is 2.27. The van der Waals surface area contributed by atoms with Crippen LogP contribution in [0.5, 0.6) is 0 Å². The number of hydrogen-bond donors (Lipinski definition) is 2. The van der Waals surface area contributed by atoms with E-state index in [1.165, 1.54) is 17.0 Å². The van der Waals surface area contributed by atoms with Gasteiger partial charge in [0.15, 0.2) is 0 Å². The average Bonchev–Trinajstić information content (AvgIpc) is 2.80. The predicted octanol–water partition coefficient (Wildman–Crippen LogP) is 0.949. The van der Waals surface area contributed by atoms with Crippen LogP contribution in [-0.2, 0) is 11.8 Å². The lowest BCUT2D eigenvalue weighted by Gasteiger charge is -2.35. The molecule has 3 rings (SSSR count). The van der Waals surface area contributed by atoms with Crippen molar-refractivity contribution in [3.8, 4) is 0 Å². The predicted molar refractivity (Wildman–Crippen MR) is 87.2 cm³/mol. The van der Waals surface area contributed by atoms with E-state index in [2.05, 4.69) is 5.32 Å². The number of amides is 2. The van der Waals surface area contributed by atoms with E-state index in [4.69, 9.17) is 0 Å².